The number of amides is 3. The van der Waals surface area contributed by atoms with Crippen LogP contribution in [0.3, 0.4) is 0 Å². The van der Waals surface area contributed by atoms with Gasteiger partial charge in [-0.25, -0.2) is 17.5 Å². The maximum atomic E-state index is 13.1. The number of nitrogens with zero attached hydrogens (tertiary/aromatic N) is 3. The van der Waals surface area contributed by atoms with E-state index in [1.165, 1.54) is 51.9 Å². The van der Waals surface area contributed by atoms with E-state index in [2.05, 4.69) is 5.32 Å². The fourth-order valence-electron chi connectivity index (χ4n) is 3.95. The van der Waals surface area contributed by atoms with Crippen LogP contribution < -0.4 is 5.32 Å². The minimum atomic E-state index is -3.65. The molecule has 0 saturated heterocycles. The van der Waals surface area contributed by atoms with Crippen molar-refractivity contribution in [2.24, 2.45) is 0 Å². The molecule has 0 radical (unpaired) electrons. The Bertz CT molecular complexity index is 1250. The van der Waals surface area contributed by atoms with E-state index in [9.17, 15) is 22.8 Å². The van der Waals surface area contributed by atoms with Gasteiger partial charge < -0.3 is 19.9 Å². The molecule has 0 aliphatic carbocycles. The number of thiophene rings is 1. The van der Waals surface area contributed by atoms with Gasteiger partial charge in [-0.15, -0.1) is 11.3 Å². The largest absolute Gasteiger partial charge is 0.450 e. The van der Waals surface area contributed by atoms with Crippen LogP contribution in [0.5, 0.6) is 0 Å². The first-order chi connectivity index (χ1) is 17.5. The second-order valence-electron chi connectivity index (χ2n) is 8.94. The molecular weight excluding hydrogens is 516 g/mol. The molecule has 1 aliphatic heterocycles. The summed E-state index contributed by atoms with van der Waals surface area (Å²) in [6.45, 7) is 5.12. The number of carbonyl (C=O) groups is 3. The SMILES string of the molecule is CCCCN(C)S(=O)(=O)c1ccc(C(=O)Nc2sc3c(c2C(=O)N(C)C)CCN(C(=O)OCC)C3)cc1. The number of unbranched alkanes of at least 4 members (excludes halogenated alkanes) is 1. The van der Waals surface area contributed by atoms with Gasteiger partial charge in [0.05, 0.1) is 23.6 Å². The van der Waals surface area contributed by atoms with Gasteiger partial charge >= 0.3 is 6.09 Å². The number of benzene rings is 1. The zero-order valence-electron chi connectivity index (χ0n) is 21.9. The van der Waals surface area contributed by atoms with Crippen molar-refractivity contribution in [3.05, 3.63) is 45.8 Å². The maximum absolute atomic E-state index is 13.1. The number of nitrogens with one attached hydrogen (secondary N) is 1. The van der Waals surface area contributed by atoms with E-state index in [0.717, 1.165) is 23.3 Å². The summed E-state index contributed by atoms with van der Waals surface area (Å²) in [4.78, 5) is 42.3. The van der Waals surface area contributed by atoms with Crippen molar-refractivity contribution >= 4 is 44.3 Å². The van der Waals surface area contributed by atoms with Crippen LogP contribution in [0.4, 0.5) is 9.80 Å². The van der Waals surface area contributed by atoms with Crippen molar-refractivity contribution in [3.8, 4) is 0 Å². The number of anilines is 1. The van der Waals surface area contributed by atoms with Crippen LogP contribution in [0.1, 0.15) is 57.8 Å². The second-order valence-corrected chi connectivity index (χ2v) is 12.1. The van der Waals surface area contributed by atoms with E-state index >= 15 is 0 Å². The number of fused-ring (bicyclic) bond motifs is 1. The molecule has 10 nitrogen and oxygen atoms in total. The fraction of sp³-hybridized carbons (Fsp3) is 0.480. The molecule has 12 heteroatoms. The average Bonchev–Trinajstić information content (AvgIpc) is 3.23. The van der Waals surface area contributed by atoms with Gasteiger partial charge in [-0.3, -0.25) is 9.59 Å². The van der Waals surface area contributed by atoms with E-state index in [1.807, 2.05) is 6.92 Å². The van der Waals surface area contributed by atoms with Crippen LogP contribution in [0.2, 0.25) is 0 Å². The Hall–Kier alpha value is -2.96. The highest BCUT2D eigenvalue weighted by atomic mass is 32.2. The van der Waals surface area contributed by atoms with Gasteiger partial charge in [-0.05, 0) is 49.6 Å². The molecule has 2 aromatic rings. The molecule has 0 saturated carbocycles. The van der Waals surface area contributed by atoms with Crippen LogP contribution in [-0.4, -0.2) is 81.3 Å². The Morgan fingerprint density at radius 2 is 1.78 bits per heavy atom. The third-order valence-electron chi connectivity index (χ3n) is 6.08. The zero-order chi connectivity index (χ0) is 27.3. The predicted molar refractivity (Wildman–Crippen MR) is 143 cm³/mol. The van der Waals surface area contributed by atoms with Crippen molar-refractivity contribution in [1.29, 1.82) is 0 Å². The highest BCUT2D eigenvalue weighted by Gasteiger charge is 2.31. The van der Waals surface area contributed by atoms with Crippen molar-refractivity contribution in [2.45, 2.75) is 44.6 Å². The number of rotatable bonds is 9. The highest BCUT2D eigenvalue weighted by Crippen LogP contribution is 2.38. The molecule has 0 atom stereocenters. The Balaban J connectivity index is 1.85. The normalized spacial score (nSPS) is 13.3. The van der Waals surface area contributed by atoms with E-state index in [0.29, 0.717) is 36.6 Å². The summed E-state index contributed by atoms with van der Waals surface area (Å²) in [7, 11) is 1.17. The quantitative estimate of drug-likeness (QED) is 0.510. The van der Waals surface area contributed by atoms with Gasteiger partial charge in [0.15, 0.2) is 0 Å². The molecule has 1 aliphatic rings. The third kappa shape index (κ3) is 6.31. The monoisotopic (exact) mass is 550 g/mol. The summed E-state index contributed by atoms with van der Waals surface area (Å²) in [6, 6.07) is 5.74. The molecule has 0 bridgehead atoms. The van der Waals surface area contributed by atoms with Crippen molar-refractivity contribution in [2.75, 3.05) is 46.2 Å². The highest BCUT2D eigenvalue weighted by molar-refractivity contribution is 7.89. The van der Waals surface area contributed by atoms with Crippen LogP contribution in [0.15, 0.2) is 29.2 Å². The van der Waals surface area contributed by atoms with Crippen LogP contribution in [0.25, 0.3) is 0 Å². The number of ether oxygens (including phenoxy) is 1. The van der Waals surface area contributed by atoms with E-state index < -0.39 is 22.0 Å². The molecule has 2 heterocycles. The molecule has 1 aromatic heterocycles. The molecule has 0 unspecified atom stereocenters. The molecule has 1 N–H and O–H groups in total. The first kappa shape index (κ1) is 28.6. The van der Waals surface area contributed by atoms with E-state index in [1.54, 1.807) is 25.9 Å². The summed E-state index contributed by atoms with van der Waals surface area (Å²) >= 11 is 1.26. The first-order valence-electron chi connectivity index (χ1n) is 12.2. The molecule has 37 heavy (non-hydrogen) atoms. The molecule has 3 amide bonds. The molecule has 1 aromatic carbocycles. The third-order valence-corrected chi connectivity index (χ3v) is 9.08. The molecule has 0 fully saturated rings. The van der Waals surface area contributed by atoms with Gasteiger partial charge in [0.2, 0.25) is 10.0 Å². The van der Waals surface area contributed by atoms with Crippen molar-refractivity contribution in [1.82, 2.24) is 14.1 Å². The Labute approximate surface area is 222 Å². The van der Waals surface area contributed by atoms with Gasteiger partial charge in [-0.2, -0.15) is 0 Å². The number of sulfonamides is 1. The van der Waals surface area contributed by atoms with Crippen LogP contribution >= 0.6 is 11.3 Å². The average molecular weight is 551 g/mol. The zero-order valence-corrected chi connectivity index (χ0v) is 23.5. The van der Waals surface area contributed by atoms with Crippen molar-refractivity contribution < 1.29 is 27.5 Å². The van der Waals surface area contributed by atoms with Crippen LogP contribution in [-0.2, 0) is 27.7 Å². The predicted octanol–water partition coefficient (Wildman–Crippen LogP) is 3.64. The van der Waals surface area contributed by atoms with Gasteiger partial charge in [0.1, 0.15) is 5.00 Å². The van der Waals surface area contributed by atoms with Gasteiger partial charge in [0, 0.05) is 44.7 Å². The number of carbonyl (C=O) groups excluding carboxylic acids is 3. The number of hydrogen-bond donors (Lipinski definition) is 1. The Kier molecular flexibility index (Phi) is 9.32. The standard InChI is InChI=1S/C25H34N4O6S2/c1-6-8-14-28(5)37(33,34)18-11-9-17(10-12-18)22(30)26-23-21(24(31)27(3)4)19-13-15-29(16-20(19)36-23)25(32)35-7-2/h9-12H,6-8,13-16H2,1-5H3,(H,26,30). The lowest BCUT2D eigenvalue weighted by molar-refractivity contribution is 0.0827. The first-order valence-corrected chi connectivity index (χ1v) is 14.4. The lowest BCUT2D eigenvalue weighted by Crippen LogP contribution is -2.36. The van der Waals surface area contributed by atoms with E-state index in [-0.39, 0.29) is 23.0 Å². The second kappa shape index (κ2) is 12.1. The Morgan fingerprint density at radius 3 is 2.38 bits per heavy atom. The topological polar surface area (TPSA) is 116 Å². The molecule has 202 valence electrons. The summed E-state index contributed by atoms with van der Waals surface area (Å²) in [5, 5.41) is 3.23. The van der Waals surface area contributed by atoms with Crippen LogP contribution in [0, 0.1) is 0 Å². The minimum absolute atomic E-state index is 0.108. The lowest BCUT2D eigenvalue weighted by Gasteiger charge is -2.26. The fourth-order valence-corrected chi connectivity index (χ4v) is 6.41. The molecule has 3 rings (SSSR count). The van der Waals surface area contributed by atoms with E-state index in [4.69, 9.17) is 4.74 Å². The number of hydrogen-bond acceptors (Lipinski definition) is 7. The summed E-state index contributed by atoms with van der Waals surface area (Å²) in [5.41, 5.74) is 1.49. The van der Waals surface area contributed by atoms with Crippen molar-refractivity contribution in [3.63, 3.8) is 0 Å². The molecule has 0 spiro atoms. The van der Waals surface area contributed by atoms with Gasteiger partial charge in [-0.1, -0.05) is 13.3 Å². The minimum Gasteiger partial charge on any atom is -0.450 e. The lowest BCUT2D eigenvalue weighted by atomic mass is 10.0. The summed E-state index contributed by atoms with van der Waals surface area (Å²) in [5.74, 6) is -0.703. The molecular formula is C25H34N4O6S2. The summed E-state index contributed by atoms with van der Waals surface area (Å²) < 4.78 is 32.0. The smallest absolute Gasteiger partial charge is 0.410 e. The van der Waals surface area contributed by atoms with Gasteiger partial charge in [0.25, 0.3) is 11.8 Å². The summed E-state index contributed by atoms with van der Waals surface area (Å²) in [6.07, 6.45) is 1.69. The maximum Gasteiger partial charge on any atom is 0.410 e. The Morgan fingerprint density at radius 1 is 1.11 bits per heavy atom.